The Morgan fingerprint density at radius 3 is 2.50 bits per heavy atom. The SMILES string of the molecule is Cc1c(N)cccc1CN1CCN(C2CCCC2)CC1. The molecule has 1 aliphatic carbocycles. The number of nitrogens with two attached hydrogens (primary N) is 1. The molecule has 1 aromatic rings. The first-order chi connectivity index (χ1) is 9.74. The maximum absolute atomic E-state index is 6.00. The van der Waals surface area contributed by atoms with Gasteiger partial charge in [-0.25, -0.2) is 0 Å². The van der Waals surface area contributed by atoms with E-state index in [2.05, 4.69) is 28.9 Å². The second-order valence-electron chi connectivity index (χ2n) is 6.38. The van der Waals surface area contributed by atoms with Crippen molar-refractivity contribution in [2.75, 3.05) is 31.9 Å². The Morgan fingerprint density at radius 1 is 1.10 bits per heavy atom. The van der Waals surface area contributed by atoms with Crippen molar-refractivity contribution in [1.82, 2.24) is 9.80 Å². The van der Waals surface area contributed by atoms with Gasteiger partial charge in [-0.2, -0.15) is 0 Å². The first kappa shape index (κ1) is 13.9. The van der Waals surface area contributed by atoms with E-state index in [1.165, 1.54) is 63.0 Å². The summed E-state index contributed by atoms with van der Waals surface area (Å²) in [6.45, 7) is 8.07. The first-order valence-electron chi connectivity index (χ1n) is 8.04. The van der Waals surface area contributed by atoms with E-state index in [0.29, 0.717) is 0 Å². The Hall–Kier alpha value is -1.06. The van der Waals surface area contributed by atoms with Crippen molar-refractivity contribution in [3.05, 3.63) is 29.3 Å². The number of nitrogens with zero attached hydrogens (tertiary/aromatic N) is 2. The lowest BCUT2D eigenvalue weighted by Crippen LogP contribution is -2.49. The second kappa shape index (κ2) is 6.15. The van der Waals surface area contributed by atoms with E-state index in [4.69, 9.17) is 5.73 Å². The van der Waals surface area contributed by atoms with Gasteiger partial charge in [-0.1, -0.05) is 25.0 Å². The highest BCUT2D eigenvalue weighted by Crippen LogP contribution is 2.25. The van der Waals surface area contributed by atoms with Crippen LogP contribution >= 0.6 is 0 Å². The van der Waals surface area contributed by atoms with Crippen LogP contribution < -0.4 is 5.73 Å². The average Bonchev–Trinajstić information content (AvgIpc) is 2.99. The van der Waals surface area contributed by atoms with Crippen LogP contribution in [0, 0.1) is 6.92 Å². The van der Waals surface area contributed by atoms with Crippen LogP contribution in [0.5, 0.6) is 0 Å². The fraction of sp³-hybridized carbons (Fsp3) is 0.647. The molecule has 1 aliphatic heterocycles. The zero-order valence-corrected chi connectivity index (χ0v) is 12.6. The van der Waals surface area contributed by atoms with Gasteiger partial charge in [0.25, 0.3) is 0 Å². The lowest BCUT2D eigenvalue weighted by Gasteiger charge is -2.38. The number of piperazine rings is 1. The van der Waals surface area contributed by atoms with Crippen molar-refractivity contribution >= 4 is 5.69 Å². The Balaban J connectivity index is 1.54. The normalized spacial score (nSPS) is 22.4. The number of rotatable bonds is 3. The third kappa shape index (κ3) is 2.99. The molecular formula is C17H27N3. The summed E-state index contributed by atoms with van der Waals surface area (Å²) >= 11 is 0. The second-order valence-corrected chi connectivity index (χ2v) is 6.38. The zero-order valence-electron chi connectivity index (χ0n) is 12.6. The molecular weight excluding hydrogens is 246 g/mol. The van der Waals surface area contributed by atoms with Gasteiger partial charge in [-0.15, -0.1) is 0 Å². The van der Waals surface area contributed by atoms with Crippen LogP contribution in [-0.2, 0) is 6.54 Å². The fourth-order valence-corrected chi connectivity index (χ4v) is 3.67. The smallest absolute Gasteiger partial charge is 0.0346 e. The van der Waals surface area contributed by atoms with Crippen molar-refractivity contribution in [3.8, 4) is 0 Å². The van der Waals surface area contributed by atoms with Crippen molar-refractivity contribution < 1.29 is 0 Å². The van der Waals surface area contributed by atoms with Gasteiger partial charge in [-0.3, -0.25) is 9.80 Å². The van der Waals surface area contributed by atoms with Gasteiger partial charge in [0.15, 0.2) is 0 Å². The van der Waals surface area contributed by atoms with E-state index in [-0.39, 0.29) is 0 Å². The standard InChI is InChI=1S/C17H27N3/c1-14-15(5-4-8-17(14)18)13-19-9-11-20(12-10-19)16-6-2-3-7-16/h4-5,8,16H,2-3,6-7,9-13,18H2,1H3. The van der Waals surface area contributed by atoms with E-state index in [0.717, 1.165) is 18.3 Å². The maximum Gasteiger partial charge on any atom is 0.0346 e. The molecule has 0 unspecified atom stereocenters. The molecule has 0 atom stereocenters. The number of nitrogen functional groups attached to an aromatic ring is 1. The zero-order chi connectivity index (χ0) is 13.9. The predicted octanol–water partition coefficient (Wildman–Crippen LogP) is 2.64. The van der Waals surface area contributed by atoms with Gasteiger partial charge >= 0.3 is 0 Å². The molecule has 2 fully saturated rings. The molecule has 3 heteroatoms. The van der Waals surface area contributed by atoms with Crippen LogP contribution in [0.3, 0.4) is 0 Å². The third-order valence-electron chi connectivity index (χ3n) is 5.13. The molecule has 1 heterocycles. The highest BCUT2D eigenvalue weighted by Gasteiger charge is 2.26. The lowest BCUT2D eigenvalue weighted by atomic mass is 10.1. The van der Waals surface area contributed by atoms with Crippen molar-refractivity contribution in [1.29, 1.82) is 0 Å². The first-order valence-corrected chi connectivity index (χ1v) is 8.04. The molecule has 0 radical (unpaired) electrons. The molecule has 0 aromatic heterocycles. The number of benzene rings is 1. The van der Waals surface area contributed by atoms with E-state index in [1.54, 1.807) is 0 Å². The van der Waals surface area contributed by atoms with Gasteiger partial charge in [0.1, 0.15) is 0 Å². The van der Waals surface area contributed by atoms with E-state index in [9.17, 15) is 0 Å². The Bertz CT molecular complexity index is 444. The lowest BCUT2D eigenvalue weighted by molar-refractivity contribution is 0.0936. The summed E-state index contributed by atoms with van der Waals surface area (Å²) in [5.74, 6) is 0. The molecule has 1 saturated heterocycles. The quantitative estimate of drug-likeness (QED) is 0.859. The fourth-order valence-electron chi connectivity index (χ4n) is 3.67. The summed E-state index contributed by atoms with van der Waals surface area (Å²) in [5.41, 5.74) is 9.57. The van der Waals surface area contributed by atoms with Gasteiger partial charge in [0, 0.05) is 44.5 Å². The van der Waals surface area contributed by atoms with Crippen LogP contribution in [0.15, 0.2) is 18.2 Å². The molecule has 110 valence electrons. The van der Waals surface area contributed by atoms with Gasteiger partial charge in [0.05, 0.1) is 0 Å². The monoisotopic (exact) mass is 273 g/mol. The molecule has 20 heavy (non-hydrogen) atoms. The maximum atomic E-state index is 6.00. The summed E-state index contributed by atoms with van der Waals surface area (Å²) in [6, 6.07) is 7.17. The highest BCUT2D eigenvalue weighted by molar-refractivity contribution is 5.49. The molecule has 3 nitrogen and oxygen atoms in total. The van der Waals surface area contributed by atoms with E-state index >= 15 is 0 Å². The number of anilines is 1. The average molecular weight is 273 g/mol. The topological polar surface area (TPSA) is 32.5 Å². The van der Waals surface area contributed by atoms with Gasteiger partial charge in [0.2, 0.25) is 0 Å². The molecule has 2 aliphatic rings. The van der Waals surface area contributed by atoms with Crippen LogP contribution in [-0.4, -0.2) is 42.0 Å². The van der Waals surface area contributed by atoms with Crippen LogP contribution in [0.2, 0.25) is 0 Å². The molecule has 3 rings (SSSR count). The highest BCUT2D eigenvalue weighted by atomic mass is 15.3. The van der Waals surface area contributed by atoms with Crippen LogP contribution in [0.25, 0.3) is 0 Å². The van der Waals surface area contributed by atoms with Crippen molar-refractivity contribution in [3.63, 3.8) is 0 Å². The predicted molar refractivity (Wildman–Crippen MR) is 84.7 cm³/mol. The van der Waals surface area contributed by atoms with Gasteiger partial charge in [-0.05, 0) is 37.0 Å². The third-order valence-corrected chi connectivity index (χ3v) is 5.13. The Morgan fingerprint density at radius 2 is 1.80 bits per heavy atom. The molecule has 0 amide bonds. The molecule has 0 spiro atoms. The summed E-state index contributed by atoms with van der Waals surface area (Å²) in [5, 5.41) is 0. The number of hydrogen-bond acceptors (Lipinski definition) is 3. The molecule has 0 bridgehead atoms. The molecule has 1 saturated carbocycles. The van der Waals surface area contributed by atoms with Crippen LogP contribution in [0.4, 0.5) is 5.69 Å². The summed E-state index contributed by atoms with van der Waals surface area (Å²) < 4.78 is 0. The summed E-state index contributed by atoms with van der Waals surface area (Å²) in [7, 11) is 0. The van der Waals surface area contributed by atoms with Crippen LogP contribution in [0.1, 0.15) is 36.8 Å². The molecule has 2 N–H and O–H groups in total. The Kier molecular flexibility index (Phi) is 4.27. The summed E-state index contributed by atoms with van der Waals surface area (Å²) in [4.78, 5) is 5.29. The Labute approximate surface area is 122 Å². The minimum absolute atomic E-state index is 0.881. The van der Waals surface area contributed by atoms with E-state index in [1.807, 2.05) is 6.07 Å². The number of hydrogen-bond donors (Lipinski definition) is 1. The summed E-state index contributed by atoms with van der Waals surface area (Å²) in [6.07, 6.45) is 5.73. The molecule has 1 aromatic carbocycles. The minimum atomic E-state index is 0.881. The van der Waals surface area contributed by atoms with Crippen molar-refractivity contribution in [2.24, 2.45) is 0 Å². The minimum Gasteiger partial charge on any atom is -0.399 e. The van der Waals surface area contributed by atoms with Gasteiger partial charge < -0.3 is 5.73 Å². The largest absolute Gasteiger partial charge is 0.399 e. The van der Waals surface area contributed by atoms with E-state index < -0.39 is 0 Å². The van der Waals surface area contributed by atoms with Crippen molar-refractivity contribution in [2.45, 2.75) is 45.2 Å².